The molecule has 0 unspecified atom stereocenters. The normalized spacial score (nSPS) is 11.4. The first kappa shape index (κ1) is 22.7. The fraction of sp³-hybridized carbons (Fsp3) is 0.526. The topological polar surface area (TPSA) is 70.7 Å². The number of rotatable bonds is 10. The SMILES string of the molecule is CN=C(NCCCOCCOC)NCCc1c(C)[nH]c2ccccc12.I. The fourth-order valence-electron chi connectivity index (χ4n) is 2.81. The number of aryl methyl sites for hydroxylation is 1. The van der Waals surface area contributed by atoms with E-state index in [9.17, 15) is 0 Å². The lowest BCUT2D eigenvalue weighted by Crippen LogP contribution is -2.39. The van der Waals surface area contributed by atoms with Crippen LogP contribution in [0.15, 0.2) is 29.3 Å². The van der Waals surface area contributed by atoms with Gasteiger partial charge in [0.2, 0.25) is 0 Å². The minimum absolute atomic E-state index is 0. The molecule has 3 N–H and O–H groups in total. The molecular weight excluding hydrogens is 443 g/mol. The Labute approximate surface area is 173 Å². The second-order valence-electron chi connectivity index (χ2n) is 5.91. The van der Waals surface area contributed by atoms with Gasteiger partial charge in [-0.1, -0.05) is 18.2 Å². The largest absolute Gasteiger partial charge is 0.382 e. The third-order valence-electron chi connectivity index (χ3n) is 4.11. The van der Waals surface area contributed by atoms with E-state index >= 15 is 0 Å². The summed E-state index contributed by atoms with van der Waals surface area (Å²) in [6.07, 6.45) is 1.89. The van der Waals surface area contributed by atoms with Crippen molar-refractivity contribution in [1.29, 1.82) is 0 Å². The van der Waals surface area contributed by atoms with E-state index in [1.807, 2.05) is 0 Å². The number of halogens is 1. The van der Waals surface area contributed by atoms with Crippen molar-refractivity contribution in [3.8, 4) is 0 Å². The zero-order valence-electron chi connectivity index (χ0n) is 15.9. The van der Waals surface area contributed by atoms with Gasteiger partial charge in [-0.25, -0.2) is 0 Å². The average molecular weight is 474 g/mol. The van der Waals surface area contributed by atoms with E-state index in [1.54, 1.807) is 14.2 Å². The van der Waals surface area contributed by atoms with Crippen LogP contribution in [0.5, 0.6) is 0 Å². The molecule has 0 aliphatic carbocycles. The molecule has 0 atom stereocenters. The van der Waals surface area contributed by atoms with Gasteiger partial charge in [-0.05, 0) is 31.4 Å². The maximum atomic E-state index is 5.44. The number of hydrogen-bond acceptors (Lipinski definition) is 3. The zero-order valence-corrected chi connectivity index (χ0v) is 18.3. The van der Waals surface area contributed by atoms with E-state index in [4.69, 9.17) is 9.47 Å². The van der Waals surface area contributed by atoms with Crippen LogP contribution in [0.4, 0.5) is 0 Å². The molecule has 0 amide bonds. The summed E-state index contributed by atoms with van der Waals surface area (Å²) < 4.78 is 10.4. The first-order valence-electron chi connectivity index (χ1n) is 8.83. The molecule has 146 valence electrons. The molecule has 0 saturated heterocycles. The Morgan fingerprint density at radius 3 is 2.65 bits per heavy atom. The van der Waals surface area contributed by atoms with Crippen LogP contribution in [0.25, 0.3) is 10.9 Å². The van der Waals surface area contributed by atoms with Crippen molar-refractivity contribution in [2.75, 3.05) is 47.1 Å². The standard InChI is InChI=1S/C19H30N4O2.HI/c1-15-16(17-7-4-5-8-18(17)23-15)9-11-22-19(20-2)21-10-6-12-25-14-13-24-3;/h4-5,7-8,23H,6,9-14H2,1-3H3,(H2,20,21,22);1H. The summed E-state index contributed by atoms with van der Waals surface area (Å²) in [5.41, 5.74) is 3.80. The number of para-hydroxylation sites is 1. The van der Waals surface area contributed by atoms with E-state index in [-0.39, 0.29) is 24.0 Å². The zero-order chi connectivity index (χ0) is 17.9. The van der Waals surface area contributed by atoms with Gasteiger partial charge in [-0.3, -0.25) is 4.99 Å². The minimum atomic E-state index is 0. The summed E-state index contributed by atoms with van der Waals surface area (Å²) in [4.78, 5) is 7.71. The number of guanidine groups is 1. The van der Waals surface area contributed by atoms with Crippen LogP contribution in [0.1, 0.15) is 17.7 Å². The summed E-state index contributed by atoms with van der Waals surface area (Å²) in [5.74, 6) is 0.828. The molecule has 2 rings (SSSR count). The van der Waals surface area contributed by atoms with Crippen molar-refractivity contribution in [2.45, 2.75) is 19.8 Å². The Bertz CT molecular complexity index is 673. The van der Waals surface area contributed by atoms with E-state index in [0.717, 1.165) is 38.5 Å². The van der Waals surface area contributed by atoms with Gasteiger partial charge in [0.25, 0.3) is 0 Å². The summed E-state index contributed by atoms with van der Waals surface area (Å²) in [5, 5.41) is 7.99. The molecule has 0 fully saturated rings. The van der Waals surface area contributed by atoms with Crippen LogP contribution in [0, 0.1) is 6.92 Å². The summed E-state index contributed by atoms with van der Waals surface area (Å²) in [7, 11) is 3.47. The number of fused-ring (bicyclic) bond motifs is 1. The minimum Gasteiger partial charge on any atom is -0.382 e. The van der Waals surface area contributed by atoms with Crippen LogP contribution in [-0.2, 0) is 15.9 Å². The highest BCUT2D eigenvalue weighted by atomic mass is 127. The quantitative estimate of drug-likeness (QED) is 0.215. The van der Waals surface area contributed by atoms with Gasteiger partial charge in [0.05, 0.1) is 13.2 Å². The second kappa shape index (κ2) is 12.9. The molecule has 7 heteroatoms. The van der Waals surface area contributed by atoms with Crippen LogP contribution in [0.2, 0.25) is 0 Å². The summed E-state index contributed by atoms with van der Waals surface area (Å²) in [6.45, 7) is 5.82. The smallest absolute Gasteiger partial charge is 0.190 e. The number of ether oxygens (including phenoxy) is 2. The fourth-order valence-corrected chi connectivity index (χ4v) is 2.81. The van der Waals surface area contributed by atoms with Crippen molar-refractivity contribution in [3.05, 3.63) is 35.5 Å². The number of aromatic nitrogens is 1. The number of methoxy groups -OCH3 is 1. The predicted molar refractivity (Wildman–Crippen MR) is 119 cm³/mol. The first-order chi connectivity index (χ1) is 12.3. The van der Waals surface area contributed by atoms with Gasteiger partial charge in [-0.15, -0.1) is 24.0 Å². The molecule has 0 spiro atoms. The van der Waals surface area contributed by atoms with E-state index in [2.05, 4.69) is 51.8 Å². The second-order valence-corrected chi connectivity index (χ2v) is 5.91. The predicted octanol–water partition coefficient (Wildman–Crippen LogP) is 2.85. The lowest BCUT2D eigenvalue weighted by atomic mass is 10.1. The van der Waals surface area contributed by atoms with Crippen molar-refractivity contribution < 1.29 is 9.47 Å². The van der Waals surface area contributed by atoms with Gasteiger partial charge in [0, 0.05) is 50.5 Å². The Hall–Kier alpha value is -1.32. The monoisotopic (exact) mass is 474 g/mol. The number of benzene rings is 1. The van der Waals surface area contributed by atoms with E-state index in [0.29, 0.717) is 13.2 Å². The molecule has 0 saturated carbocycles. The highest BCUT2D eigenvalue weighted by Gasteiger charge is 2.07. The van der Waals surface area contributed by atoms with E-state index < -0.39 is 0 Å². The van der Waals surface area contributed by atoms with Gasteiger partial charge in [0.1, 0.15) is 0 Å². The Balaban J connectivity index is 0.00000338. The molecule has 0 bridgehead atoms. The molecule has 26 heavy (non-hydrogen) atoms. The third kappa shape index (κ3) is 7.13. The molecule has 0 aliphatic rings. The molecule has 1 aromatic carbocycles. The van der Waals surface area contributed by atoms with Crippen LogP contribution < -0.4 is 10.6 Å². The highest BCUT2D eigenvalue weighted by Crippen LogP contribution is 2.21. The third-order valence-corrected chi connectivity index (χ3v) is 4.11. The molecule has 2 aromatic rings. The highest BCUT2D eigenvalue weighted by molar-refractivity contribution is 14.0. The number of aromatic amines is 1. The van der Waals surface area contributed by atoms with Crippen molar-refractivity contribution in [1.82, 2.24) is 15.6 Å². The maximum Gasteiger partial charge on any atom is 0.190 e. The Kier molecular flexibility index (Phi) is 11.3. The van der Waals surface area contributed by atoms with E-state index in [1.165, 1.54) is 22.2 Å². The molecule has 6 nitrogen and oxygen atoms in total. The van der Waals surface area contributed by atoms with Crippen molar-refractivity contribution in [3.63, 3.8) is 0 Å². The van der Waals surface area contributed by atoms with Gasteiger partial charge >= 0.3 is 0 Å². The van der Waals surface area contributed by atoms with Crippen LogP contribution in [-0.4, -0.2) is 58.0 Å². The number of hydrogen-bond donors (Lipinski definition) is 3. The lowest BCUT2D eigenvalue weighted by Gasteiger charge is -2.12. The molecule has 1 aromatic heterocycles. The average Bonchev–Trinajstić information content (AvgIpc) is 2.95. The Morgan fingerprint density at radius 1 is 1.12 bits per heavy atom. The first-order valence-corrected chi connectivity index (χ1v) is 8.83. The van der Waals surface area contributed by atoms with Gasteiger partial charge in [-0.2, -0.15) is 0 Å². The van der Waals surface area contributed by atoms with Gasteiger partial charge < -0.3 is 25.1 Å². The summed E-state index contributed by atoms with van der Waals surface area (Å²) >= 11 is 0. The van der Waals surface area contributed by atoms with Crippen molar-refractivity contribution in [2.24, 2.45) is 4.99 Å². The number of nitrogens with one attached hydrogen (secondary N) is 3. The number of aliphatic imine (C=N–C) groups is 1. The van der Waals surface area contributed by atoms with Crippen LogP contribution in [0.3, 0.4) is 0 Å². The number of H-pyrrole nitrogens is 1. The van der Waals surface area contributed by atoms with Crippen LogP contribution >= 0.6 is 24.0 Å². The molecule has 0 aliphatic heterocycles. The summed E-state index contributed by atoms with van der Waals surface area (Å²) in [6, 6.07) is 8.44. The molecular formula is C19H31IN4O2. The van der Waals surface area contributed by atoms with Gasteiger partial charge in [0.15, 0.2) is 5.96 Å². The maximum absolute atomic E-state index is 5.44. The lowest BCUT2D eigenvalue weighted by molar-refractivity contribution is 0.0698. The Morgan fingerprint density at radius 2 is 1.88 bits per heavy atom. The number of nitrogens with zero attached hydrogens (tertiary/aromatic N) is 1. The molecule has 0 radical (unpaired) electrons. The van der Waals surface area contributed by atoms with Crippen molar-refractivity contribution >= 4 is 40.8 Å². The molecule has 1 heterocycles.